The molecule has 0 aromatic heterocycles. The van der Waals surface area contributed by atoms with Gasteiger partial charge >= 0.3 is 0 Å². The van der Waals surface area contributed by atoms with E-state index in [2.05, 4.69) is 23.6 Å². The number of likely N-dealkylation sites (N-methyl/N-ethyl adjacent to an activating group) is 2. The first-order chi connectivity index (χ1) is 5.60. The van der Waals surface area contributed by atoms with E-state index < -0.39 is 5.79 Å². The van der Waals surface area contributed by atoms with Gasteiger partial charge in [-0.15, -0.1) is 0 Å². The molecule has 0 spiro atoms. The molecule has 72 valence electrons. The van der Waals surface area contributed by atoms with Crippen molar-refractivity contribution >= 4 is 0 Å². The number of rotatable bonds is 2. The molecule has 4 nitrogen and oxygen atoms in total. The molecule has 0 atom stereocenters. The summed E-state index contributed by atoms with van der Waals surface area (Å²) in [6.45, 7) is 9.04. The highest BCUT2D eigenvalue weighted by atomic mass is 15.4. The van der Waals surface area contributed by atoms with E-state index in [1.54, 1.807) is 0 Å². The molecule has 0 bridgehead atoms. The van der Waals surface area contributed by atoms with Crippen molar-refractivity contribution in [1.82, 2.24) is 9.80 Å². The van der Waals surface area contributed by atoms with Crippen molar-refractivity contribution in [1.29, 1.82) is 0 Å². The molecule has 1 aliphatic rings. The molecule has 4 heteroatoms. The predicted molar refractivity (Wildman–Crippen MR) is 50.5 cm³/mol. The average Bonchev–Trinajstić information content (AvgIpc) is 2.02. The summed E-state index contributed by atoms with van der Waals surface area (Å²) in [5.41, 5.74) is 11.9. The van der Waals surface area contributed by atoms with Crippen LogP contribution in [0.5, 0.6) is 0 Å². The Morgan fingerprint density at radius 1 is 1.17 bits per heavy atom. The predicted octanol–water partition coefficient (Wildman–Crippen LogP) is -0.785. The SMILES string of the molecule is CCN1CCN(CC)C(N)(N)C1. The number of nitrogens with zero attached hydrogens (tertiary/aromatic N) is 2. The molecule has 0 aromatic carbocycles. The van der Waals surface area contributed by atoms with Crippen LogP contribution in [0.3, 0.4) is 0 Å². The second kappa shape index (κ2) is 3.70. The van der Waals surface area contributed by atoms with Gasteiger partial charge in [0.1, 0.15) is 5.79 Å². The quantitative estimate of drug-likeness (QED) is 0.536. The fourth-order valence-electron chi connectivity index (χ4n) is 1.73. The average molecular weight is 172 g/mol. The van der Waals surface area contributed by atoms with Gasteiger partial charge in [-0.25, -0.2) is 0 Å². The normalized spacial score (nSPS) is 26.0. The zero-order valence-electron chi connectivity index (χ0n) is 8.08. The fraction of sp³-hybridized carbons (Fsp3) is 1.00. The second-order valence-corrected chi connectivity index (χ2v) is 3.44. The molecule has 12 heavy (non-hydrogen) atoms. The highest BCUT2D eigenvalue weighted by molar-refractivity contribution is 4.86. The molecule has 1 rings (SSSR count). The summed E-state index contributed by atoms with van der Waals surface area (Å²) in [6.07, 6.45) is 0. The van der Waals surface area contributed by atoms with Crippen LogP contribution in [0.25, 0.3) is 0 Å². The van der Waals surface area contributed by atoms with Crippen LogP contribution < -0.4 is 11.5 Å². The summed E-state index contributed by atoms with van der Waals surface area (Å²) in [4.78, 5) is 4.41. The minimum absolute atomic E-state index is 0.622. The Kier molecular flexibility index (Phi) is 3.06. The molecule has 0 unspecified atom stereocenters. The maximum atomic E-state index is 5.96. The molecule has 0 aromatic rings. The fourth-order valence-corrected chi connectivity index (χ4v) is 1.73. The Morgan fingerprint density at radius 3 is 2.25 bits per heavy atom. The minimum Gasteiger partial charge on any atom is -0.300 e. The molecule has 1 heterocycles. The van der Waals surface area contributed by atoms with Crippen molar-refractivity contribution in [3.8, 4) is 0 Å². The molecule has 0 aliphatic carbocycles. The third-order valence-corrected chi connectivity index (χ3v) is 2.58. The molecule has 4 N–H and O–H groups in total. The van der Waals surface area contributed by atoms with Gasteiger partial charge in [0.2, 0.25) is 0 Å². The van der Waals surface area contributed by atoms with Crippen LogP contribution in [0.1, 0.15) is 13.8 Å². The number of hydrogen-bond donors (Lipinski definition) is 2. The number of piperazine rings is 1. The first kappa shape index (κ1) is 9.92. The van der Waals surface area contributed by atoms with Crippen molar-refractivity contribution in [3.63, 3.8) is 0 Å². The van der Waals surface area contributed by atoms with Crippen molar-refractivity contribution in [2.24, 2.45) is 11.5 Å². The maximum absolute atomic E-state index is 5.96. The van der Waals surface area contributed by atoms with E-state index in [1.165, 1.54) is 0 Å². The van der Waals surface area contributed by atoms with Crippen molar-refractivity contribution in [2.75, 3.05) is 32.7 Å². The van der Waals surface area contributed by atoms with Crippen molar-refractivity contribution in [2.45, 2.75) is 19.6 Å². The number of hydrogen-bond acceptors (Lipinski definition) is 4. The van der Waals surface area contributed by atoms with Gasteiger partial charge in [0.15, 0.2) is 0 Å². The Hall–Kier alpha value is -0.160. The zero-order valence-corrected chi connectivity index (χ0v) is 8.08. The third-order valence-electron chi connectivity index (χ3n) is 2.58. The summed E-state index contributed by atoms with van der Waals surface area (Å²) in [5.74, 6) is -0.622. The van der Waals surface area contributed by atoms with Gasteiger partial charge in [-0.2, -0.15) is 0 Å². The van der Waals surface area contributed by atoms with E-state index in [0.29, 0.717) is 0 Å². The van der Waals surface area contributed by atoms with E-state index in [1.807, 2.05) is 0 Å². The first-order valence-electron chi connectivity index (χ1n) is 4.65. The lowest BCUT2D eigenvalue weighted by Gasteiger charge is -2.45. The van der Waals surface area contributed by atoms with E-state index in [0.717, 1.165) is 32.7 Å². The summed E-state index contributed by atoms with van der Waals surface area (Å²) in [5, 5.41) is 0. The second-order valence-electron chi connectivity index (χ2n) is 3.44. The molecule has 0 saturated carbocycles. The molecular weight excluding hydrogens is 152 g/mol. The smallest absolute Gasteiger partial charge is 0.134 e. The zero-order chi connectivity index (χ0) is 9.19. The highest BCUT2D eigenvalue weighted by Crippen LogP contribution is 2.10. The molecule has 1 saturated heterocycles. The Morgan fingerprint density at radius 2 is 1.83 bits per heavy atom. The Balaban J connectivity index is 2.54. The molecule has 0 amide bonds. The Labute approximate surface area is 74.5 Å². The lowest BCUT2D eigenvalue weighted by molar-refractivity contribution is 0.00991. The van der Waals surface area contributed by atoms with Crippen molar-refractivity contribution in [3.05, 3.63) is 0 Å². The van der Waals surface area contributed by atoms with Gasteiger partial charge in [0, 0.05) is 19.6 Å². The standard InChI is InChI=1S/C8H20N4/c1-3-11-5-6-12(4-2)8(9,10)7-11/h3-7,9-10H2,1-2H3. The van der Waals surface area contributed by atoms with Gasteiger partial charge in [-0.1, -0.05) is 13.8 Å². The van der Waals surface area contributed by atoms with Gasteiger partial charge in [0.25, 0.3) is 0 Å². The summed E-state index contributed by atoms with van der Waals surface area (Å²) in [6, 6.07) is 0. The number of nitrogens with two attached hydrogens (primary N) is 2. The first-order valence-corrected chi connectivity index (χ1v) is 4.65. The molecule has 1 aliphatic heterocycles. The van der Waals surface area contributed by atoms with Gasteiger partial charge in [-0.3, -0.25) is 21.3 Å². The lowest BCUT2D eigenvalue weighted by Crippen LogP contribution is -2.72. The summed E-state index contributed by atoms with van der Waals surface area (Å²) in [7, 11) is 0. The highest BCUT2D eigenvalue weighted by Gasteiger charge is 2.32. The topological polar surface area (TPSA) is 58.5 Å². The van der Waals surface area contributed by atoms with Gasteiger partial charge in [0.05, 0.1) is 0 Å². The largest absolute Gasteiger partial charge is 0.300 e. The van der Waals surface area contributed by atoms with Crippen LogP contribution in [0.4, 0.5) is 0 Å². The van der Waals surface area contributed by atoms with Crippen LogP contribution >= 0.6 is 0 Å². The summed E-state index contributed by atoms with van der Waals surface area (Å²) >= 11 is 0. The van der Waals surface area contributed by atoms with Crippen molar-refractivity contribution < 1.29 is 0 Å². The van der Waals surface area contributed by atoms with E-state index >= 15 is 0 Å². The Bertz CT molecular complexity index is 146. The minimum atomic E-state index is -0.622. The molecule has 1 fully saturated rings. The van der Waals surface area contributed by atoms with Crippen LogP contribution in [-0.4, -0.2) is 48.3 Å². The maximum Gasteiger partial charge on any atom is 0.134 e. The van der Waals surface area contributed by atoms with E-state index in [9.17, 15) is 0 Å². The van der Waals surface area contributed by atoms with E-state index in [-0.39, 0.29) is 0 Å². The van der Waals surface area contributed by atoms with E-state index in [4.69, 9.17) is 11.5 Å². The van der Waals surface area contributed by atoms with Gasteiger partial charge in [-0.05, 0) is 13.1 Å². The molecule has 0 radical (unpaired) electrons. The third kappa shape index (κ3) is 1.95. The summed E-state index contributed by atoms with van der Waals surface area (Å²) < 4.78 is 0. The van der Waals surface area contributed by atoms with Crippen LogP contribution in [0.2, 0.25) is 0 Å². The van der Waals surface area contributed by atoms with Crippen LogP contribution in [0.15, 0.2) is 0 Å². The monoisotopic (exact) mass is 172 g/mol. The van der Waals surface area contributed by atoms with Crippen LogP contribution in [0, 0.1) is 0 Å². The lowest BCUT2D eigenvalue weighted by atomic mass is 10.2. The van der Waals surface area contributed by atoms with Crippen LogP contribution in [-0.2, 0) is 0 Å². The molecular formula is C8H20N4. The van der Waals surface area contributed by atoms with Gasteiger partial charge < -0.3 is 0 Å².